The van der Waals surface area contributed by atoms with Crippen LogP contribution in [0.1, 0.15) is 5.56 Å². The van der Waals surface area contributed by atoms with Crippen molar-refractivity contribution >= 4 is 11.2 Å². The van der Waals surface area contributed by atoms with Crippen molar-refractivity contribution in [2.75, 3.05) is 0 Å². The Morgan fingerprint density at radius 2 is 2.50 bits per heavy atom. The number of rotatable bonds is 1. The lowest BCUT2D eigenvalue weighted by atomic mass is 10.2. The molecule has 0 saturated heterocycles. The van der Waals surface area contributed by atoms with Crippen LogP contribution in [0.3, 0.4) is 0 Å². The van der Waals surface area contributed by atoms with Gasteiger partial charge in [-0.15, -0.1) is 0 Å². The van der Waals surface area contributed by atoms with Crippen LogP contribution in [-0.4, -0.2) is 9.97 Å². The van der Waals surface area contributed by atoms with Gasteiger partial charge in [0.25, 0.3) is 0 Å². The van der Waals surface area contributed by atoms with E-state index in [-0.39, 0.29) is 0 Å². The molecule has 2 aromatic rings. The number of fused-ring (bicyclic) bond motifs is 1. The molecule has 2 aromatic heterocycles. The van der Waals surface area contributed by atoms with Crippen molar-refractivity contribution in [2.24, 2.45) is 5.73 Å². The van der Waals surface area contributed by atoms with E-state index in [0.29, 0.717) is 17.8 Å². The van der Waals surface area contributed by atoms with E-state index in [4.69, 9.17) is 10.2 Å². The molecule has 0 aliphatic heterocycles. The molecule has 2 rings (SSSR count). The number of aromatic nitrogens is 2. The molecule has 0 bridgehead atoms. The third-order valence-corrected chi connectivity index (χ3v) is 1.62. The second-order valence-electron chi connectivity index (χ2n) is 2.37. The number of aromatic amines is 1. The highest BCUT2D eigenvalue weighted by Crippen LogP contribution is 2.11. The number of nitrogens with two attached hydrogens (primary N) is 1. The van der Waals surface area contributed by atoms with E-state index in [1.54, 1.807) is 12.3 Å². The number of hydrogen-bond donors (Lipinski definition) is 2. The molecule has 5 nitrogen and oxygen atoms in total. The summed E-state index contributed by atoms with van der Waals surface area (Å²) in [5, 5.41) is 0. The highest BCUT2D eigenvalue weighted by atomic mass is 16.4. The Hall–Kier alpha value is -1.62. The third kappa shape index (κ3) is 0.911. The molecule has 0 aliphatic rings. The van der Waals surface area contributed by atoms with Gasteiger partial charge in [0.15, 0.2) is 11.2 Å². The monoisotopic (exact) mass is 165 g/mol. The van der Waals surface area contributed by atoms with Crippen molar-refractivity contribution in [3.8, 4) is 0 Å². The van der Waals surface area contributed by atoms with Gasteiger partial charge in [-0.2, -0.15) is 0 Å². The molecule has 0 aliphatic carbocycles. The number of pyridine rings is 1. The van der Waals surface area contributed by atoms with E-state index in [1.807, 2.05) is 0 Å². The fourth-order valence-corrected chi connectivity index (χ4v) is 1.07. The van der Waals surface area contributed by atoms with Crippen LogP contribution in [0.5, 0.6) is 0 Å². The van der Waals surface area contributed by atoms with Crippen LogP contribution >= 0.6 is 0 Å². The molecule has 0 saturated carbocycles. The molecule has 0 atom stereocenters. The maximum Gasteiger partial charge on any atom is 0.418 e. The quantitative estimate of drug-likeness (QED) is 0.621. The predicted molar refractivity (Wildman–Crippen MR) is 42.5 cm³/mol. The minimum absolute atomic E-state index is 0.333. The van der Waals surface area contributed by atoms with Crippen molar-refractivity contribution in [1.29, 1.82) is 0 Å². The highest BCUT2D eigenvalue weighted by Gasteiger charge is 2.05. The van der Waals surface area contributed by atoms with Gasteiger partial charge in [0.1, 0.15) is 0 Å². The summed E-state index contributed by atoms with van der Waals surface area (Å²) in [4.78, 5) is 17.1. The molecule has 2 heterocycles. The highest BCUT2D eigenvalue weighted by molar-refractivity contribution is 5.70. The Labute approximate surface area is 67.2 Å². The van der Waals surface area contributed by atoms with Crippen molar-refractivity contribution in [3.63, 3.8) is 0 Å². The van der Waals surface area contributed by atoms with Gasteiger partial charge >= 0.3 is 5.76 Å². The van der Waals surface area contributed by atoms with Crippen LogP contribution in [0.25, 0.3) is 11.2 Å². The van der Waals surface area contributed by atoms with Crippen molar-refractivity contribution in [1.82, 2.24) is 9.97 Å². The zero-order valence-electron chi connectivity index (χ0n) is 6.20. The topological polar surface area (TPSA) is 84.9 Å². The zero-order chi connectivity index (χ0) is 8.55. The van der Waals surface area contributed by atoms with Gasteiger partial charge in [-0.05, 0) is 6.07 Å². The Balaban J connectivity index is 2.87. The first-order valence-electron chi connectivity index (χ1n) is 3.48. The summed E-state index contributed by atoms with van der Waals surface area (Å²) < 4.78 is 4.84. The SMILES string of the molecule is NCc1ccnc2[nH]c(=O)oc12. The minimum atomic E-state index is -0.501. The van der Waals surface area contributed by atoms with Crippen LogP contribution in [-0.2, 0) is 6.54 Å². The van der Waals surface area contributed by atoms with E-state index in [0.717, 1.165) is 5.56 Å². The molecule has 0 amide bonds. The lowest BCUT2D eigenvalue weighted by Crippen LogP contribution is -1.96. The molecule has 0 aromatic carbocycles. The number of H-pyrrole nitrogens is 1. The number of nitrogens with zero attached hydrogens (tertiary/aromatic N) is 1. The van der Waals surface area contributed by atoms with E-state index in [9.17, 15) is 4.79 Å². The first-order chi connectivity index (χ1) is 5.81. The van der Waals surface area contributed by atoms with Crippen molar-refractivity contribution < 1.29 is 4.42 Å². The summed E-state index contributed by atoms with van der Waals surface area (Å²) in [6.07, 6.45) is 1.58. The van der Waals surface area contributed by atoms with Gasteiger partial charge in [-0.3, -0.25) is 4.98 Å². The number of oxazole rings is 1. The second-order valence-corrected chi connectivity index (χ2v) is 2.37. The summed E-state index contributed by atoms with van der Waals surface area (Å²) in [5.74, 6) is -0.501. The van der Waals surface area contributed by atoms with Gasteiger partial charge in [-0.1, -0.05) is 0 Å². The Morgan fingerprint density at radius 3 is 3.25 bits per heavy atom. The average molecular weight is 165 g/mol. The molecular weight excluding hydrogens is 158 g/mol. The molecule has 0 spiro atoms. The molecule has 0 unspecified atom stereocenters. The smallest absolute Gasteiger partial charge is 0.406 e. The maximum atomic E-state index is 10.8. The van der Waals surface area contributed by atoms with Gasteiger partial charge in [-0.25, -0.2) is 9.78 Å². The summed E-state index contributed by atoms with van der Waals surface area (Å²) in [5.41, 5.74) is 7.09. The summed E-state index contributed by atoms with van der Waals surface area (Å²) >= 11 is 0. The number of hydrogen-bond acceptors (Lipinski definition) is 4. The van der Waals surface area contributed by atoms with Crippen LogP contribution in [0.15, 0.2) is 21.5 Å². The van der Waals surface area contributed by atoms with Crippen molar-refractivity contribution in [3.05, 3.63) is 28.4 Å². The summed E-state index contributed by atoms with van der Waals surface area (Å²) in [6, 6.07) is 1.72. The molecular formula is C7H7N3O2. The predicted octanol–water partition coefficient (Wildman–Crippen LogP) is -0.0252. The van der Waals surface area contributed by atoms with E-state index in [2.05, 4.69) is 9.97 Å². The summed E-state index contributed by atoms with van der Waals surface area (Å²) in [7, 11) is 0. The van der Waals surface area contributed by atoms with Gasteiger partial charge in [0.05, 0.1) is 0 Å². The van der Waals surface area contributed by atoms with Crippen LogP contribution in [0, 0.1) is 0 Å². The normalized spacial score (nSPS) is 10.8. The molecule has 62 valence electrons. The molecule has 12 heavy (non-hydrogen) atoms. The molecule has 3 N–H and O–H groups in total. The van der Waals surface area contributed by atoms with Gasteiger partial charge < -0.3 is 10.2 Å². The second kappa shape index (κ2) is 2.46. The first-order valence-corrected chi connectivity index (χ1v) is 3.48. The molecule has 0 radical (unpaired) electrons. The van der Waals surface area contributed by atoms with Crippen molar-refractivity contribution in [2.45, 2.75) is 6.54 Å². The van der Waals surface area contributed by atoms with Gasteiger partial charge in [0.2, 0.25) is 0 Å². The van der Waals surface area contributed by atoms with E-state index >= 15 is 0 Å². The van der Waals surface area contributed by atoms with Crippen LogP contribution in [0.4, 0.5) is 0 Å². The largest absolute Gasteiger partial charge is 0.418 e. The van der Waals surface area contributed by atoms with Gasteiger partial charge in [0, 0.05) is 18.3 Å². The fourth-order valence-electron chi connectivity index (χ4n) is 1.07. The minimum Gasteiger partial charge on any atom is -0.406 e. The molecule has 5 heteroatoms. The third-order valence-electron chi connectivity index (χ3n) is 1.62. The maximum absolute atomic E-state index is 10.8. The van der Waals surface area contributed by atoms with Crippen LogP contribution in [0.2, 0.25) is 0 Å². The zero-order valence-corrected chi connectivity index (χ0v) is 6.20. The summed E-state index contributed by atoms with van der Waals surface area (Å²) in [6.45, 7) is 0.333. The Kier molecular flexibility index (Phi) is 1.44. The van der Waals surface area contributed by atoms with E-state index < -0.39 is 5.76 Å². The lowest BCUT2D eigenvalue weighted by molar-refractivity contribution is 0.552. The standard InChI is InChI=1S/C7H7N3O2/c8-3-4-1-2-9-6-5(4)12-7(11)10-6/h1-2H,3,8H2,(H,9,10,11). The average Bonchev–Trinajstić information content (AvgIpc) is 2.44. The van der Waals surface area contributed by atoms with Crippen LogP contribution < -0.4 is 11.5 Å². The first kappa shape index (κ1) is 7.05. The Morgan fingerprint density at radius 1 is 1.67 bits per heavy atom. The number of nitrogens with one attached hydrogen (secondary N) is 1. The Bertz CT molecular complexity index is 457. The molecule has 0 fully saturated rings. The fraction of sp³-hybridized carbons (Fsp3) is 0.143. The van der Waals surface area contributed by atoms with E-state index in [1.165, 1.54) is 0 Å². The lowest BCUT2D eigenvalue weighted by Gasteiger charge is -1.93.